The van der Waals surface area contributed by atoms with Crippen LogP contribution in [0.15, 0.2) is 18.2 Å². The number of methoxy groups -OCH3 is 1. The van der Waals surface area contributed by atoms with Crippen LogP contribution in [0, 0.1) is 0 Å². The van der Waals surface area contributed by atoms with Crippen LogP contribution in [0.25, 0.3) is 0 Å². The van der Waals surface area contributed by atoms with Crippen LogP contribution in [-0.2, 0) is 9.47 Å². The maximum Gasteiger partial charge on any atom is 0.0700 e. The molecule has 0 radical (unpaired) electrons. The van der Waals surface area contributed by atoms with Gasteiger partial charge in [0, 0.05) is 36.0 Å². The Balaban J connectivity index is 2.13. The van der Waals surface area contributed by atoms with E-state index in [0.717, 1.165) is 18.7 Å². The first-order chi connectivity index (χ1) is 8.22. The summed E-state index contributed by atoms with van der Waals surface area (Å²) in [5, 5.41) is 4.51. The third-order valence-corrected chi connectivity index (χ3v) is 2.53. The highest BCUT2D eigenvalue weighted by Crippen LogP contribution is 2.22. The molecule has 0 atom stereocenters. The summed E-state index contributed by atoms with van der Waals surface area (Å²) in [5.74, 6) is 0. The molecule has 0 saturated carbocycles. The van der Waals surface area contributed by atoms with Gasteiger partial charge in [0.1, 0.15) is 0 Å². The summed E-state index contributed by atoms with van der Waals surface area (Å²) >= 11 is 11.8. The average molecular weight is 278 g/mol. The molecule has 17 heavy (non-hydrogen) atoms. The molecule has 1 rings (SSSR count). The lowest BCUT2D eigenvalue weighted by molar-refractivity contribution is 0.0705. The number of hydrogen-bond acceptors (Lipinski definition) is 3. The molecule has 0 bridgehead atoms. The van der Waals surface area contributed by atoms with E-state index in [1.54, 1.807) is 13.2 Å². The fourth-order valence-electron chi connectivity index (χ4n) is 1.31. The van der Waals surface area contributed by atoms with Crippen LogP contribution in [-0.4, -0.2) is 33.5 Å². The van der Waals surface area contributed by atoms with Gasteiger partial charge in [-0.2, -0.15) is 0 Å². The van der Waals surface area contributed by atoms with Crippen LogP contribution in [0.5, 0.6) is 0 Å². The second kappa shape index (κ2) is 8.59. The summed E-state index contributed by atoms with van der Waals surface area (Å²) in [6.45, 7) is 2.81. The molecular weight excluding hydrogens is 261 g/mol. The number of rotatable bonds is 8. The van der Waals surface area contributed by atoms with E-state index in [2.05, 4.69) is 5.32 Å². The number of halogens is 2. The van der Waals surface area contributed by atoms with E-state index in [1.165, 1.54) is 0 Å². The topological polar surface area (TPSA) is 30.5 Å². The van der Waals surface area contributed by atoms with Crippen molar-refractivity contribution in [1.29, 1.82) is 0 Å². The van der Waals surface area contributed by atoms with Gasteiger partial charge in [-0.25, -0.2) is 0 Å². The van der Waals surface area contributed by atoms with Crippen molar-refractivity contribution in [1.82, 2.24) is 0 Å². The second-order valence-corrected chi connectivity index (χ2v) is 4.42. The maximum absolute atomic E-state index is 5.88. The van der Waals surface area contributed by atoms with Gasteiger partial charge >= 0.3 is 0 Å². The molecule has 0 saturated heterocycles. The fourth-order valence-corrected chi connectivity index (χ4v) is 1.83. The van der Waals surface area contributed by atoms with Crippen molar-refractivity contribution in [2.24, 2.45) is 0 Å². The van der Waals surface area contributed by atoms with Gasteiger partial charge in [-0.1, -0.05) is 23.2 Å². The highest BCUT2D eigenvalue weighted by molar-refractivity contribution is 6.35. The normalized spacial score (nSPS) is 10.5. The monoisotopic (exact) mass is 277 g/mol. The molecule has 96 valence electrons. The first-order valence-corrected chi connectivity index (χ1v) is 6.24. The maximum atomic E-state index is 5.88. The lowest BCUT2D eigenvalue weighted by atomic mass is 10.3. The molecule has 3 nitrogen and oxygen atoms in total. The lowest BCUT2D eigenvalue weighted by Gasteiger charge is -2.08. The summed E-state index contributed by atoms with van der Waals surface area (Å²) in [4.78, 5) is 0. The standard InChI is InChI=1S/C12H17Cl2NO2/c1-16-5-6-17-4-2-3-15-12-8-10(13)7-11(14)9-12/h7-9,15H,2-6H2,1H3. The second-order valence-electron chi connectivity index (χ2n) is 3.54. The molecular formula is C12H17Cl2NO2. The van der Waals surface area contributed by atoms with Crippen LogP contribution in [0.2, 0.25) is 10.0 Å². The summed E-state index contributed by atoms with van der Waals surface area (Å²) in [7, 11) is 1.66. The van der Waals surface area contributed by atoms with Gasteiger partial charge in [0.05, 0.1) is 13.2 Å². The van der Waals surface area contributed by atoms with E-state index in [0.29, 0.717) is 29.9 Å². The summed E-state index contributed by atoms with van der Waals surface area (Å²) < 4.78 is 10.2. The quantitative estimate of drug-likeness (QED) is 0.739. The van der Waals surface area contributed by atoms with E-state index in [1.807, 2.05) is 12.1 Å². The van der Waals surface area contributed by atoms with Gasteiger partial charge in [-0.15, -0.1) is 0 Å². The van der Waals surface area contributed by atoms with Crippen LogP contribution in [0.3, 0.4) is 0 Å². The minimum absolute atomic E-state index is 0.636. The first kappa shape index (κ1) is 14.6. The Hall–Kier alpha value is -0.480. The van der Waals surface area contributed by atoms with Crippen molar-refractivity contribution in [3.8, 4) is 0 Å². The van der Waals surface area contributed by atoms with E-state index in [4.69, 9.17) is 32.7 Å². The number of nitrogens with one attached hydrogen (secondary N) is 1. The molecule has 5 heteroatoms. The predicted octanol–water partition coefficient (Wildman–Crippen LogP) is 3.46. The third-order valence-electron chi connectivity index (χ3n) is 2.09. The smallest absolute Gasteiger partial charge is 0.0700 e. The van der Waals surface area contributed by atoms with Gasteiger partial charge in [0.25, 0.3) is 0 Å². The van der Waals surface area contributed by atoms with Crippen LogP contribution >= 0.6 is 23.2 Å². The van der Waals surface area contributed by atoms with Gasteiger partial charge in [-0.05, 0) is 24.6 Å². The Kier molecular flexibility index (Phi) is 7.37. The molecule has 0 amide bonds. The Morgan fingerprint density at radius 3 is 2.41 bits per heavy atom. The van der Waals surface area contributed by atoms with Crippen molar-refractivity contribution in [2.45, 2.75) is 6.42 Å². The lowest BCUT2D eigenvalue weighted by Crippen LogP contribution is -2.08. The highest BCUT2D eigenvalue weighted by atomic mass is 35.5. The van der Waals surface area contributed by atoms with Crippen molar-refractivity contribution >= 4 is 28.9 Å². The Morgan fingerprint density at radius 2 is 1.76 bits per heavy atom. The van der Waals surface area contributed by atoms with Crippen molar-refractivity contribution < 1.29 is 9.47 Å². The van der Waals surface area contributed by atoms with Crippen LogP contribution in [0.1, 0.15) is 6.42 Å². The van der Waals surface area contributed by atoms with E-state index in [-0.39, 0.29) is 0 Å². The number of hydrogen-bond donors (Lipinski definition) is 1. The zero-order valence-corrected chi connectivity index (χ0v) is 11.4. The van der Waals surface area contributed by atoms with Crippen LogP contribution < -0.4 is 5.32 Å². The Morgan fingerprint density at radius 1 is 1.06 bits per heavy atom. The van der Waals surface area contributed by atoms with Crippen LogP contribution in [0.4, 0.5) is 5.69 Å². The van der Waals surface area contributed by atoms with Gasteiger partial charge < -0.3 is 14.8 Å². The summed E-state index contributed by atoms with van der Waals surface area (Å²) in [6, 6.07) is 5.40. The molecule has 0 aromatic heterocycles. The Bertz CT molecular complexity index is 314. The number of anilines is 1. The van der Waals surface area contributed by atoms with Crippen molar-refractivity contribution in [3.63, 3.8) is 0 Å². The molecule has 1 N–H and O–H groups in total. The Labute approximate surface area is 112 Å². The SMILES string of the molecule is COCCOCCCNc1cc(Cl)cc(Cl)c1. The van der Waals surface area contributed by atoms with Gasteiger partial charge in [0.15, 0.2) is 0 Å². The molecule has 1 aromatic carbocycles. The van der Waals surface area contributed by atoms with Gasteiger partial charge in [0.2, 0.25) is 0 Å². The zero-order valence-electron chi connectivity index (χ0n) is 9.84. The van der Waals surface area contributed by atoms with Crippen molar-refractivity contribution in [3.05, 3.63) is 28.2 Å². The minimum Gasteiger partial charge on any atom is -0.385 e. The number of ether oxygens (including phenoxy) is 2. The molecule has 0 heterocycles. The first-order valence-electron chi connectivity index (χ1n) is 5.49. The number of benzene rings is 1. The zero-order chi connectivity index (χ0) is 12.5. The molecule has 0 unspecified atom stereocenters. The molecule has 0 spiro atoms. The van der Waals surface area contributed by atoms with E-state index < -0.39 is 0 Å². The summed E-state index contributed by atoms with van der Waals surface area (Å²) in [5.41, 5.74) is 0.930. The molecule has 0 fully saturated rings. The minimum atomic E-state index is 0.636. The van der Waals surface area contributed by atoms with E-state index in [9.17, 15) is 0 Å². The average Bonchev–Trinajstić information content (AvgIpc) is 2.26. The molecule has 1 aromatic rings. The highest BCUT2D eigenvalue weighted by Gasteiger charge is 1.97. The molecule has 0 aliphatic heterocycles. The van der Waals surface area contributed by atoms with Crippen molar-refractivity contribution in [2.75, 3.05) is 38.8 Å². The predicted molar refractivity (Wildman–Crippen MR) is 72.3 cm³/mol. The molecule has 0 aliphatic rings. The summed E-state index contributed by atoms with van der Waals surface area (Å²) in [6.07, 6.45) is 0.924. The fraction of sp³-hybridized carbons (Fsp3) is 0.500. The van der Waals surface area contributed by atoms with Gasteiger partial charge in [-0.3, -0.25) is 0 Å². The molecule has 0 aliphatic carbocycles. The van der Waals surface area contributed by atoms with E-state index >= 15 is 0 Å². The third kappa shape index (κ3) is 6.74. The largest absolute Gasteiger partial charge is 0.385 e.